The van der Waals surface area contributed by atoms with Crippen LogP contribution in [0, 0.1) is 5.92 Å². The van der Waals surface area contributed by atoms with Crippen LogP contribution in [0.25, 0.3) is 0 Å². The largest absolute Gasteiger partial charge is 0.368 e. The molecule has 0 fully saturated rings. The fourth-order valence-electron chi connectivity index (χ4n) is 0.703. The zero-order chi connectivity index (χ0) is 9.02. The molecule has 63 valence electrons. The van der Waals surface area contributed by atoms with Gasteiger partial charge in [-0.1, -0.05) is 13.8 Å². The van der Waals surface area contributed by atoms with Gasteiger partial charge in [0.2, 0.25) is 11.8 Å². The second-order valence-corrected chi connectivity index (χ2v) is 2.61. The Bertz CT molecular complexity index is 166. The van der Waals surface area contributed by atoms with Crippen molar-refractivity contribution in [2.45, 2.75) is 26.8 Å². The predicted octanol–water partition coefficient (Wildman–Crippen LogP) is -0.409. The highest BCUT2D eigenvalue weighted by molar-refractivity contribution is 5.87. The van der Waals surface area contributed by atoms with Crippen molar-refractivity contribution in [1.82, 2.24) is 5.32 Å². The maximum Gasteiger partial charge on any atom is 0.240 e. The maximum atomic E-state index is 10.7. The molecule has 0 aliphatic rings. The topological polar surface area (TPSA) is 72.2 Å². The van der Waals surface area contributed by atoms with Crippen LogP contribution in [0.3, 0.4) is 0 Å². The van der Waals surface area contributed by atoms with E-state index in [1.165, 1.54) is 6.92 Å². The molecular formula is C7H13N2O2. The van der Waals surface area contributed by atoms with E-state index in [2.05, 4.69) is 5.32 Å². The van der Waals surface area contributed by atoms with Crippen LogP contribution in [0.5, 0.6) is 0 Å². The molecule has 3 N–H and O–H groups in total. The summed E-state index contributed by atoms with van der Waals surface area (Å²) in [6, 6.07) is -0.632. The highest BCUT2D eigenvalue weighted by atomic mass is 16.2. The first-order valence-electron chi connectivity index (χ1n) is 3.31. The van der Waals surface area contributed by atoms with Gasteiger partial charge in [0, 0.05) is 12.8 Å². The van der Waals surface area contributed by atoms with E-state index in [1.54, 1.807) is 13.8 Å². The zero-order valence-electron chi connectivity index (χ0n) is 6.97. The van der Waals surface area contributed by atoms with Crippen LogP contribution in [-0.4, -0.2) is 17.9 Å². The lowest BCUT2D eigenvalue weighted by Gasteiger charge is -2.16. The van der Waals surface area contributed by atoms with Gasteiger partial charge in [-0.2, -0.15) is 0 Å². The molecule has 0 rings (SSSR count). The molecule has 2 amide bonds. The average molecular weight is 157 g/mol. The van der Waals surface area contributed by atoms with Gasteiger partial charge in [0.15, 0.2) is 0 Å². The highest BCUT2D eigenvalue weighted by Gasteiger charge is 2.19. The summed E-state index contributed by atoms with van der Waals surface area (Å²) in [5, 5.41) is 2.43. The van der Waals surface area contributed by atoms with Crippen LogP contribution >= 0.6 is 0 Å². The third kappa shape index (κ3) is 3.60. The minimum absolute atomic E-state index is 0.255. The van der Waals surface area contributed by atoms with Gasteiger partial charge in [-0.15, -0.1) is 0 Å². The molecule has 4 heteroatoms. The molecule has 1 radical (unpaired) electrons. The van der Waals surface area contributed by atoms with Crippen LogP contribution in [0.15, 0.2) is 0 Å². The molecule has 0 spiro atoms. The number of hydrogen-bond donors (Lipinski definition) is 2. The van der Waals surface area contributed by atoms with Gasteiger partial charge in [0.05, 0.1) is 0 Å². The first-order valence-corrected chi connectivity index (χ1v) is 3.31. The van der Waals surface area contributed by atoms with Crippen LogP contribution in [0.4, 0.5) is 0 Å². The fourth-order valence-corrected chi connectivity index (χ4v) is 0.703. The van der Waals surface area contributed by atoms with E-state index in [-0.39, 0.29) is 5.91 Å². The van der Waals surface area contributed by atoms with Gasteiger partial charge in [0.25, 0.3) is 0 Å². The molecule has 0 bridgehead atoms. The van der Waals surface area contributed by atoms with Gasteiger partial charge in [0.1, 0.15) is 6.04 Å². The number of amides is 2. The number of nitrogens with one attached hydrogen (secondary N) is 1. The lowest BCUT2D eigenvalue weighted by Crippen LogP contribution is -2.46. The molecule has 1 atom stereocenters. The molecule has 4 nitrogen and oxygen atoms in total. The number of carbonyl (C=O) groups excluding carboxylic acids is 2. The van der Waals surface area contributed by atoms with Crippen molar-refractivity contribution in [2.24, 2.45) is 5.73 Å². The Labute approximate surface area is 66.1 Å². The summed E-state index contributed by atoms with van der Waals surface area (Å²) >= 11 is 0. The average Bonchev–Trinajstić information content (AvgIpc) is 1.81. The van der Waals surface area contributed by atoms with Crippen LogP contribution in [0.1, 0.15) is 20.8 Å². The Hall–Kier alpha value is -1.06. The SMILES string of the molecule is C[C](C)C(NC(C)=O)C(N)=O. The van der Waals surface area contributed by atoms with Gasteiger partial charge >= 0.3 is 0 Å². The molecular weight excluding hydrogens is 144 g/mol. The van der Waals surface area contributed by atoms with Crippen molar-refractivity contribution >= 4 is 11.8 Å². The van der Waals surface area contributed by atoms with E-state index in [9.17, 15) is 9.59 Å². The first kappa shape index (κ1) is 9.94. The van der Waals surface area contributed by atoms with Crippen molar-refractivity contribution in [3.05, 3.63) is 5.92 Å². The zero-order valence-corrected chi connectivity index (χ0v) is 6.97. The van der Waals surface area contributed by atoms with Crippen molar-refractivity contribution in [3.63, 3.8) is 0 Å². The summed E-state index contributed by atoms with van der Waals surface area (Å²) in [6.07, 6.45) is 0. The van der Waals surface area contributed by atoms with Gasteiger partial charge in [-0.3, -0.25) is 9.59 Å². The summed E-state index contributed by atoms with van der Waals surface area (Å²) in [5.74, 6) is 0.00269. The Morgan fingerprint density at radius 1 is 1.27 bits per heavy atom. The Morgan fingerprint density at radius 3 is 1.82 bits per heavy atom. The third-order valence-corrected chi connectivity index (χ3v) is 1.21. The van der Waals surface area contributed by atoms with Gasteiger partial charge < -0.3 is 11.1 Å². The molecule has 0 saturated heterocycles. The monoisotopic (exact) mass is 157 g/mol. The second-order valence-electron chi connectivity index (χ2n) is 2.61. The fraction of sp³-hybridized carbons (Fsp3) is 0.571. The molecule has 0 aliphatic heterocycles. The third-order valence-electron chi connectivity index (χ3n) is 1.21. The number of primary amides is 1. The maximum absolute atomic E-state index is 10.7. The lowest BCUT2D eigenvalue weighted by atomic mass is 10.0. The molecule has 1 unspecified atom stereocenters. The van der Waals surface area contributed by atoms with Crippen molar-refractivity contribution in [2.75, 3.05) is 0 Å². The predicted molar refractivity (Wildman–Crippen MR) is 41.4 cm³/mol. The van der Waals surface area contributed by atoms with Crippen LogP contribution in [-0.2, 0) is 9.59 Å². The quantitative estimate of drug-likeness (QED) is 0.584. The number of hydrogen-bond acceptors (Lipinski definition) is 2. The summed E-state index contributed by atoms with van der Waals surface area (Å²) in [7, 11) is 0. The molecule has 0 heterocycles. The van der Waals surface area contributed by atoms with E-state index in [0.717, 1.165) is 5.92 Å². The number of nitrogens with two attached hydrogens (primary N) is 1. The summed E-state index contributed by atoms with van der Waals surface area (Å²) in [5.41, 5.74) is 5.01. The summed E-state index contributed by atoms with van der Waals surface area (Å²) in [4.78, 5) is 21.2. The Balaban J connectivity index is 4.12. The number of carbonyl (C=O) groups is 2. The minimum atomic E-state index is -0.632. The lowest BCUT2D eigenvalue weighted by molar-refractivity contribution is -0.125. The van der Waals surface area contributed by atoms with Gasteiger partial charge in [-0.05, 0) is 0 Å². The van der Waals surface area contributed by atoms with E-state index < -0.39 is 11.9 Å². The Morgan fingerprint density at radius 2 is 1.73 bits per heavy atom. The first-order chi connectivity index (χ1) is 4.95. The highest BCUT2D eigenvalue weighted by Crippen LogP contribution is 2.02. The van der Waals surface area contributed by atoms with E-state index in [1.807, 2.05) is 0 Å². The molecule has 0 saturated carbocycles. The van der Waals surface area contributed by atoms with Crippen molar-refractivity contribution in [3.8, 4) is 0 Å². The standard InChI is InChI=1S/C7H13N2O2/c1-4(2)6(7(8)11)9-5(3)10/h6H,1-3H3,(H2,8,11)(H,9,10). The molecule has 0 aromatic heterocycles. The van der Waals surface area contributed by atoms with Crippen molar-refractivity contribution < 1.29 is 9.59 Å². The summed E-state index contributed by atoms with van der Waals surface area (Å²) in [6.45, 7) is 4.83. The van der Waals surface area contributed by atoms with Crippen molar-refractivity contribution in [1.29, 1.82) is 0 Å². The number of rotatable bonds is 3. The molecule has 0 aromatic carbocycles. The van der Waals surface area contributed by atoms with Gasteiger partial charge in [-0.25, -0.2) is 0 Å². The van der Waals surface area contributed by atoms with Crippen LogP contribution in [0.2, 0.25) is 0 Å². The molecule has 0 aromatic rings. The second kappa shape index (κ2) is 3.95. The Kier molecular flexibility index (Phi) is 3.57. The van der Waals surface area contributed by atoms with E-state index >= 15 is 0 Å². The summed E-state index contributed by atoms with van der Waals surface area (Å²) < 4.78 is 0. The smallest absolute Gasteiger partial charge is 0.240 e. The van der Waals surface area contributed by atoms with E-state index in [4.69, 9.17) is 5.73 Å². The molecule has 0 aliphatic carbocycles. The molecule has 11 heavy (non-hydrogen) atoms. The van der Waals surface area contributed by atoms with E-state index in [0.29, 0.717) is 0 Å². The minimum Gasteiger partial charge on any atom is -0.368 e. The van der Waals surface area contributed by atoms with Crippen LogP contribution < -0.4 is 11.1 Å². The normalized spacial score (nSPS) is 12.7.